The summed E-state index contributed by atoms with van der Waals surface area (Å²) in [6.07, 6.45) is 9.19. The highest BCUT2D eigenvalue weighted by Crippen LogP contribution is 2.36. The second kappa shape index (κ2) is 5.88. The molecule has 1 aromatic heterocycles. The summed E-state index contributed by atoms with van der Waals surface area (Å²) in [5.41, 5.74) is 2.01. The van der Waals surface area contributed by atoms with Crippen molar-refractivity contribution in [3.05, 3.63) is 33.4 Å². The van der Waals surface area contributed by atoms with Gasteiger partial charge in [-0.1, -0.05) is 23.8 Å². The molecule has 0 spiro atoms. The molecule has 3 nitrogen and oxygen atoms in total. The van der Waals surface area contributed by atoms with Crippen molar-refractivity contribution in [1.82, 2.24) is 9.78 Å². The van der Waals surface area contributed by atoms with Gasteiger partial charge in [0.25, 0.3) is 0 Å². The van der Waals surface area contributed by atoms with E-state index in [2.05, 4.69) is 21.0 Å². The van der Waals surface area contributed by atoms with Crippen LogP contribution in [0.2, 0.25) is 5.02 Å². The SMILES string of the molecule is CC=Cc1c(Cl)cc2c(cnn2C2CCCCO2)c1Br. The highest BCUT2D eigenvalue weighted by atomic mass is 79.9. The van der Waals surface area contributed by atoms with Crippen LogP contribution in [-0.4, -0.2) is 16.4 Å². The molecule has 0 saturated carbocycles. The van der Waals surface area contributed by atoms with Crippen LogP contribution in [0.25, 0.3) is 17.0 Å². The first kappa shape index (κ1) is 14.1. The third-order valence-corrected chi connectivity index (χ3v) is 4.76. The minimum atomic E-state index is 0.0248. The Hall–Kier alpha value is -0.840. The van der Waals surface area contributed by atoms with Gasteiger partial charge in [-0.05, 0) is 48.2 Å². The molecule has 1 saturated heterocycles. The fraction of sp³-hybridized carbons (Fsp3) is 0.400. The summed E-state index contributed by atoms with van der Waals surface area (Å²) in [6.45, 7) is 2.78. The molecule has 0 N–H and O–H groups in total. The van der Waals surface area contributed by atoms with Crippen LogP contribution in [-0.2, 0) is 4.74 Å². The van der Waals surface area contributed by atoms with Gasteiger partial charge in [0.15, 0.2) is 6.23 Å². The average molecular weight is 356 g/mol. The number of allylic oxidation sites excluding steroid dienone is 1. The van der Waals surface area contributed by atoms with E-state index >= 15 is 0 Å². The molecule has 0 bridgehead atoms. The van der Waals surface area contributed by atoms with Crippen molar-refractivity contribution >= 4 is 44.5 Å². The smallest absolute Gasteiger partial charge is 0.150 e. The van der Waals surface area contributed by atoms with Crippen LogP contribution < -0.4 is 0 Å². The van der Waals surface area contributed by atoms with E-state index in [9.17, 15) is 0 Å². The Kier molecular flexibility index (Phi) is 4.15. The molecular weight excluding hydrogens is 340 g/mol. The normalized spacial score (nSPS) is 20.1. The quantitative estimate of drug-likeness (QED) is 0.741. The molecule has 0 amide bonds. The highest BCUT2D eigenvalue weighted by Gasteiger charge is 2.20. The predicted octanol–water partition coefficient (Wildman–Crippen LogP) is 5.18. The van der Waals surface area contributed by atoms with Crippen LogP contribution in [0, 0.1) is 0 Å². The van der Waals surface area contributed by atoms with Gasteiger partial charge >= 0.3 is 0 Å². The van der Waals surface area contributed by atoms with Crippen LogP contribution in [0.5, 0.6) is 0 Å². The molecule has 1 fully saturated rings. The van der Waals surface area contributed by atoms with E-state index in [1.807, 2.05) is 36.0 Å². The number of halogens is 2. The number of ether oxygens (including phenoxy) is 1. The molecule has 1 unspecified atom stereocenters. The topological polar surface area (TPSA) is 27.1 Å². The van der Waals surface area contributed by atoms with Crippen molar-refractivity contribution in [2.45, 2.75) is 32.4 Å². The van der Waals surface area contributed by atoms with Crippen LogP contribution in [0.1, 0.15) is 38.0 Å². The second-order valence-electron chi connectivity index (χ2n) is 4.93. The number of aromatic nitrogens is 2. The molecule has 2 aromatic rings. The first-order valence-electron chi connectivity index (χ1n) is 6.82. The fourth-order valence-electron chi connectivity index (χ4n) is 2.60. The molecule has 3 rings (SSSR count). The van der Waals surface area contributed by atoms with Gasteiger partial charge in [0.1, 0.15) is 0 Å². The Morgan fingerprint density at radius 2 is 2.35 bits per heavy atom. The zero-order valence-electron chi connectivity index (χ0n) is 11.3. The lowest BCUT2D eigenvalue weighted by atomic mass is 10.1. The summed E-state index contributed by atoms with van der Waals surface area (Å²) in [5.74, 6) is 0. The third-order valence-electron chi connectivity index (χ3n) is 3.59. The lowest BCUT2D eigenvalue weighted by molar-refractivity contribution is -0.0366. The maximum absolute atomic E-state index is 6.39. The summed E-state index contributed by atoms with van der Waals surface area (Å²) in [5, 5.41) is 6.29. The predicted molar refractivity (Wildman–Crippen MR) is 86.0 cm³/mol. The van der Waals surface area contributed by atoms with Crippen LogP contribution in [0.3, 0.4) is 0 Å². The zero-order chi connectivity index (χ0) is 14.1. The van der Waals surface area contributed by atoms with E-state index < -0.39 is 0 Å². The Bertz CT molecular complexity index is 659. The summed E-state index contributed by atoms with van der Waals surface area (Å²) < 4.78 is 8.75. The molecule has 1 aliphatic heterocycles. The molecule has 2 heterocycles. The Balaban J connectivity index is 2.13. The number of hydrogen-bond acceptors (Lipinski definition) is 2. The van der Waals surface area contributed by atoms with Crippen molar-refractivity contribution in [2.24, 2.45) is 0 Å². The van der Waals surface area contributed by atoms with Crippen molar-refractivity contribution in [2.75, 3.05) is 6.61 Å². The Morgan fingerprint density at radius 3 is 3.05 bits per heavy atom. The Labute approximate surface area is 131 Å². The average Bonchev–Trinajstić information content (AvgIpc) is 2.88. The number of benzene rings is 1. The maximum Gasteiger partial charge on any atom is 0.150 e. The van der Waals surface area contributed by atoms with E-state index in [0.717, 1.165) is 45.4 Å². The second-order valence-corrected chi connectivity index (χ2v) is 6.13. The lowest BCUT2D eigenvalue weighted by Crippen LogP contribution is -2.18. The van der Waals surface area contributed by atoms with Gasteiger partial charge in [-0.2, -0.15) is 5.10 Å². The highest BCUT2D eigenvalue weighted by molar-refractivity contribution is 9.10. The van der Waals surface area contributed by atoms with Gasteiger partial charge in [-0.15, -0.1) is 0 Å². The van der Waals surface area contributed by atoms with Crippen LogP contribution in [0.4, 0.5) is 0 Å². The largest absolute Gasteiger partial charge is 0.356 e. The van der Waals surface area contributed by atoms with Crippen molar-refractivity contribution in [1.29, 1.82) is 0 Å². The Morgan fingerprint density at radius 1 is 1.50 bits per heavy atom. The van der Waals surface area contributed by atoms with Gasteiger partial charge in [-0.25, -0.2) is 4.68 Å². The number of rotatable bonds is 2. The van der Waals surface area contributed by atoms with Crippen molar-refractivity contribution in [3.63, 3.8) is 0 Å². The molecule has 5 heteroatoms. The summed E-state index contributed by atoms with van der Waals surface area (Å²) in [7, 11) is 0. The van der Waals surface area contributed by atoms with Crippen molar-refractivity contribution in [3.8, 4) is 0 Å². The summed E-state index contributed by atoms with van der Waals surface area (Å²) >= 11 is 10.0. The van der Waals surface area contributed by atoms with E-state index in [4.69, 9.17) is 16.3 Å². The number of hydrogen-bond donors (Lipinski definition) is 0. The van der Waals surface area contributed by atoms with E-state index in [0.29, 0.717) is 0 Å². The maximum atomic E-state index is 6.39. The monoisotopic (exact) mass is 354 g/mol. The number of nitrogens with zero attached hydrogens (tertiary/aromatic N) is 2. The van der Waals surface area contributed by atoms with Gasteiger partial charge in [0.05, 0.1) is 16.7 Å². The standard InChI is InChI=1S/C15H16BrClN2O/c1-2-5-10-12(17)8-13-11(15(10)16)9-18-19(13)14-6-3-4-7-20-14/h2,5,8-9,14H,3-4,6-7H2,1H3. The molecule has 1 atom stereocenters. The van der Waals surface area contributed by atoms with Gasteiger partial charge in [0.2, 0.25) is 0 Å². The van der Waals surface area contributed by atoms with Crippen LogP contribution >= 0.6 is 27.5 Å². The van der Waals surface area contributed by atoms with Gasteiger partial charge in [-0.3, -0.25) is 0 Å². The first-order chi connectivity index (χ1) is 9.72. The summed E-state index contributed by atoms with van der Waals surface area (Å²) in [4.78, 5) is 0. The molecule has 0 radical (unpaired) electrons. The zero-order valence-corrected chi connectivity index (χ0v) is 13.6. The molecule has 106 valence electrons. The minimum absolute atomic E-state index is 0.0248. The van der Waals surface area contributed by atoms with Gasteiger partial charge in [0, 0.05) is 22.0 Å². The van der Waals surface area contributed by atoms with Crippen molar-refractivity contribution < 1.29 is 4.74 Å². The third kappa shape index (κ3) is 2.41. The minimum Gasteiger partial charge on any atom is -0.356 e. The molecule has 1 aliphatic rings. The van der Waals surface area contributed by atoms with Gasteiger partial charge < -0.3 is 4.74 Å². The molecular formula is C15H16BrClN2O. The first-order valence-corrected chi connectivity index (χ1v) is 7.99. The number of fused-ring (bicyclic) bond motifs is 1. The fourth-order valence-corrected chi connectivity index (χ4v) is 3.62. The molecule has 0 aliphatic carbocycles. The molecule has 1 aromatic carbocycles. The van der Waals surface area contributed by atoms with E-state index in [-0.39, 0.29) is 6.23 Å². The van der Waals surface area contributed by atoms with E-state index in [1.54, 1.807) is 0 Å². The lowest BCUT2D eigenvalue weighted by Gasteiger charge is -2.23. The summed E-state index contributed by atoms with van der Waals surface area (Å²) in [6, 6.07) is 1.97. The van der Waals surface area contributed by atoms with E-state index in [1.165, 1.54) is 6.42 Å². The van der Waals surface area contributed by atoms with Crippen LogP contribution in [0.15, 0.2) is 22.8 Å². The molecule has 20 heavy (non-hydrogen) atoms.